The average Bonchev–Trinajstić information content (AvgIpc) is 3.83. The number of aromatic amines is 1. The van der Waals surface area contributed by atoms with Gasteiger partial charge in [0.2, 0.25) is 5.91 Å². The Labute approximate surface area is 341 Å². The van der Waals surface area contributed by atoms with Gasteiger partial charge in [-0.3, -0.25) is 24.2 Å². The second-order valence-electron chi connectivity index (χ2n) is 16.7. The number of fused-ring (bicyclic) bond motifs is 1. The quantitative estimate of drug-likeness (QED) is 0.0412. The highest BCUT2D eigenvalue weighted by molar-refractivity contribution is 7.09. The number of nitrogens with zero attached hydrogens (tertiary/aromatic N) is 2. The molecule has 0 saturated heterocycles. The van der Waals surface area contributed by atoms with Crippen LogP contribution < -0.4 is 22.5 Å². The monoisotopic (exact) mass is 809 g/mol. The summed E-state index contributed by atoms with van der Waals surface area (Å²) in [5, 5.41) is 29.9. The second kappa shape index (κ2) is 22.1. The molecule has 316 valence electrons. The molecule has 0 aromatic carbocycles. The third-order valence-corrected chi connectivity index (χ3v) is 12.7. The second-order valence-corrected chi connectivity index (χ2v) is 17.4. The third kappa shape index (κ3) is 12.1. The Balaban J connectivity index is 1.76. The van der Waals surface area contributed by atoms with Crippen LogP contribution in [0.2, 0.25) is 0 Å². The van der Waals surface area contributed by atoms with Crippen molar-refractivity contribution < 1.29 is 29.4 Å². The number of rotatable bonds is 24. The van der Waals surface area contributed by atoms with E-state index in [1.54, 1.807) is 25.2 Å². The highest BCUT2D eigenvalue weighted by Gasteiger charge is 2.40. The van der Waals surface area contributed by atoms with Crippen LogP contribution in [0.3, 0.4) is 0 Å². The molecule has 1 saturated carbocycles. The van der Waals surface area contributed by atoms with Crippen LogP contribution in [0.25, 0.3) is 11.0 Å². The minimum absolute atomic E-state index is 0.0200. The van der Waals surface area contributed by atoms with Crippen LogP contribution in [0.5, 0.6) is 0 Å². The van der Waals surface area contributed by atoms with Crippen LogP contribution in [0.4, 0.5) is 0 Å². The first-order valence-corrected chi connectivity index (χ1v) is 22.0. The molecule has 0 spiro atoms. The summed E-state index contributed by atoms with van der Waals surface area (Å²) in [5.41, 5.74) is 20.1. The molecule has 0 bridgehead atoms. The Morgan fingerprint density at radius 2 is 1.65 bits per heavy atom. The van der Waals surface area contributed by atoms with Gasteiger partial charge in [-0.15, -0.1) is 11.3 Å². The number of carbonyl (C=O) groups is 4. The molecule has 13 nitrogen and oxygen atoms in total. The zero-order valence-corrected chi connectivity index (χ0v) is 35.4. The number of unbranched alkanes of at least 4 members (excludes halogenated alkanes) is 2. The molecule has 7 atom stereocenters. The number of amides is 1. The number of H-pyrrole nitrogens is 1. The van der Waals surface area contributed by atoms with Crippen LogP contribution in [0.15, 0.2) is 17.0 Å². The molecule has 1 aliphatic rings. The number of hydrogen-bond donors (Lipinski definition) is 7. The molecule has 10 N–H and O–H groups in total. The molecule has 14 heteroatoms. The fourth-order valence-corrected chi connectivity index (χ4v) is 8.74. The summed E-state index contributed by atoms with van der Waals surface area (Å²) in [6, 6.07) is -1.55. The molecule has 4 rings (SSSR count). The topological polar surface area (TPSA) is 240 Å². The van der Waals surface area contributed by atoms with E-state index in [0.29, 0.717) is 51.0 Å². The molecule has 3 aromatic heterocycles. The van der Waals surface area contributed by atoms with E-state index < -0.39 is 53.6 Å². The summed E-state index contributed by atoms with van der Waals surface area (Å²) in [6.45, 7) is 9.59. The maximum Gasteiger partial charge on any atom is 0.237 e. The lowest BCUT2D eigenvalue weighted by Gasteiger charge is -2.34. The fraction of sp³-hybridized carbons (Fsp3) is 0.674. The standard InChI is InChI=1S/C43H67N7O6S/c1-6-25(4)38(46)43(56)48-21-30-37(33(51)15-11-8-12-18-44)36(34(52)17-16-26(5)42-49-31-22-57-23-32(31)50-42)28(20-47-30)39(53)35(24(2)3)41(55)40(54)29(45)19-27-13-9-7-10-14-27/h20,22-27,29,35,38,40-41,54-55H,6-19,21,44-46H2,1-5H3,(H,48,56)(H,49,50)/t25-,26?,29+,35?,38-,40-,41?/m1/s1. The number of nitrogens with two attached hydrogens (primary N) is 3. The SMILES string of the molecule is CC[C@@H](C)[C@@H](N)C(=O)NCc1ncc(C(=O)C(C(C)C)C(O)[C@H](O)[C@@H](N)CC2CCCCC2)c(C(=O)CCC(C)c2nc3cscc3[nH]2)c1C(=O)CCCCCN. The molecule has 3 aromatic rings. The van der Waals surface area contributed by atoms with Crippen molar-refractivity contribution in [3.8, 4) is 0 Å². The summed E-state index contributed by atoms with van der Waals surface area (Å²) in [6.07, 6.45) is 7.25. The van der Waals surface area contributed by atoms with E-state index >= 15 is 0 Å². The van der Waals surface area contributed by atoms with Gasteiger partial charge in [-0.1, -0.05) is 79.6 Å². The summed E-state index contributed by atoms with van der Waals surface area (Å²) in [4.78, 5) is 69.5. The summed E-state index contributed by atoms with van der Waals surface area (Å²) < 4.78 is 0. The van der Waals surface area contributed by atoms with Gasteiger partial charge in [0.15, 0.2) is 17.3 Å². The van der Waals surface area contributed by atoms with Crippen molar-refractivity contribution >= 4 is 45.6 Å². The number of ketones is 3. The van der Waals surface area contributed by atoms with Gasteiger partial charge in [0.25, 0.3) is 0 Å². The number of carbonyl (C=O) groups excluding carboxylic acids is 4. The number of aliphatic hydroxyl groups is 2. The van der Waals surface area contributed by atoms with Gasteiger partial charge >= 0.3 is 0 Å². The van der Waals surface area contributed by atoms with Gasteiger partial charge in [-0.2, -0.15) is 0 Å². The van der Waals surface area contributed by atoms with E-state index in [-0.39, 0.29) is 59.4 Å². The first-order valence-electron chi connectivity index (χ1n) is 21.1. The predicted octanol–water partition coefficient (Wildman–Crippen LogP) is 5.95. The molecule has 3 heterocycles. The highest BCUT2D eigenvalue weighted by Crippen LogP contribution is 2.33. The smallest absolute Gasteiger partial charge is 0.237 e. The lowest BCUT2D eigenvalue weighted by Crippen LogP contribution is -2.50. The Morgan fingerprint density at radius 3 is 2.30 bits per heavy atom. The van der Waals surface area contributed by atoms with Gasteiger partial charge in [0.05, 0.1) is 53.0 Å². The van der Waals surface area contributed by atoms with Crippen LogP contribution in [-0.4, -0.2) is 79.3 Å². The zero-order chi connectivity index (χ0) is 41.8. The van der Waals surface area contributed by atoms with E-state index in [4.69, 9.17) is 17.2 Å². The number of Topliss-reactive ketones (excluding diaryl/α,β-unsaturated/α-hetero) is 3. The Morgan fingerprint density at radius 1 is 0.947 bits per heavy atom. The molecule has 1 amide bonds. The molecule has 57 heavy (non-hydrogen) atoms. The molecule has 3 unspecified atom stereocenters. The van der Waals surface area contributed by atoms with Crippen molar-refractivity contribution in [2.45, 2.75) is 155 Å². The van der Waals surface area contributed by atoms with Gasteiger partial charge in [-0.05, 0) is 50.0 Å². The van der Waals surface area contributed by atoms with E-state index in [1.807, 2.05) is 31.5 Å². The molecular weight excluding hydrogens is 743 g/mol. The number of aliphatic hydroxyl groups excluding tert-OH is 2. The normalized spacial score (nSPS) is 17.5. The van der Waals surface area contributed by atoms with Crippen molar-refractivity contribution in [1.82, 2.24) is 20.3 Å². The van der Waals surface area contributed by atoms with E-state index in [1.165, 1.54) is 12.6 Å². The molecule has 0 radical (unpaired) electrons. The van der Waals surface area contributed by atoms with E-state index in [9.17, 15) is 29.4 Å². The van der Waals surface area contributed by atoms with Crippen molar-refractivity contribution in [3.63, 3.8) is 0 Å². The minimum atomic E-state index is -1.54. The molecular formula is C43H67N7O6S. The molecule has 1 aliphatic carbocycles. The van der Waals surface area contributed by atoms with Crippen molar-refractivity contribution in [1.29, 1.82) is 0 Å². The third-order valence-electron chi connectivity index (χ3n) is 12.0. The van der Waals surface area contributed by atoms with E-state index in [0.717, 1.165) is 42.5 Å². The predicted molar refractivity (Wildman–Crippen MR) is 225 cm³/mol. The summed E-state index contributed by atoms with van der Waals surface area (Å²) >= 11 is 1.54. The molecule has 0 aliphatic heterocycles. The van der Waals surface area contributed by atoms with Gasteiger partial charge < -0.3 is 37.7 Å². The maximum absolute atomic E-state index is 14.8. The maximum atomic E-state index is 14.8. The molecule has 1 fully saturated rings. The summed E-state index contributed by atoms with van der Waals surface area (Å²) in [7, 11) is 0. The fourth-order valence-electron chi connectivity index (χ4n) is 8.05. The van der Waals surface area contributed by atoms with Crippen LogP contribution in [-0.2, 0) is 11.3 Å². The van der Waals surface area contributed by atoms with Crippen molar-refractivity contribution in [3.05, 3.63) is 45.2 Å². The average molecular weight is 810 g/mol. The summed E-state index contributed by atoms with van der Waals surface area (Å²) in [5.74, 6) is -2.69. The Hall–Kier alpha value is -3.40. The lowest BCUT2D eigenvalue weighted by atomic mass is 9.76. The van der Waals surface area contributed by atoms with Crippen LogP contribution in [0.1, 0.15) is 167 Å². The van der Waals surface area contributed by atoms with Gasteiger partial charge in [0, 0.05) is 52.9 Å². The van der Waals surface area contributed by atoms with Gasteiger partial charge in [-0.25, -0.2) is 4.98 Å². The number of pyridine rings is 1. The number of hydrogen-bond acceptors (Lipinski definition) is 12. The van der Waals surface area contributed by atoms with Crippen LogP contribution >= 0.6 is 11.3 Å². The minimum Gasteiger partial charge on any atom is -0.390 e. The largest absolute Gasteiger partial charge is 0.390 e. The van der Waals surface area contributed by atoms with E-state index in [2.05, 4.69) is 20.3 Å². The highest BCUT2D eigenvalue weighted by atomic mass is 32.1. The zero-order valence-electron chi connectivity index (χ0n) is 34.6. The van der Waals surface area contributed by atoms with Gasteiger partial charge in [0.1, 0.15) is 5.82 Å². The Kier molecular flexibility index (Phi) is 18.0. The number of nitrogens with one attached hydrogen (secondary N) is 2. The first-order chi connectivity index (χ1) is 27.2. The number of imidazole rings is 1. The Bertz CT molecular complexity index is 1760. The number of aromatic nitrogens is 3. The van der Waals surface area contributed by atoms with Crippen molar-refractivity contribution in [2.75, 3.05) is 6.54 Å². The first kappa shape index (κ1) is 46.3. The van der Waals surface area contributed by atoms with Crippen LogP contribution in [0, 0.1) is 23.7 Å². The number of thiophene rings is 1. The van der Waals surface area contributed by atoms with Crippen molar-refractivity contribution in [2.24, 2.45) is 40.9 Å². The lowest BCUT2D eigenvalue weighted by molar-refractivity contribution is -0.123.